The van der Waals surface area contributed by atoms with Crippen molar-refractivity contribution in [2.45, 2.75) is 32.4 Å². The first-order valence-electron chi connectivity index (χ1n) is 7.88. The van der Waals surface area contributed by atoms with Gasteiger partial charge in [-0.05, 0) is 47.5 Å². The second-order valence-electron chi connectivity index (χ2n) is 5.65. The Balaban J connectivity index is 2.00. The summed E-state index contributed by atoms with van der Waals surface area (Å²) in [6.07, 6.45) is 2.48. The zero-order valence-electron chi connectivity index (χ0n) is 14.1. The number of nitrogens with zero attached hydrogens (tertiary/aromatic N) is 4. The molecule has 1 aromatic carbocycles. The molecule has 9 nitrogen and oxygen atoms in total. The lowest BCUT2D eigenvalue weighted by Crippen LogP contribution is -2.24. The van der Waals surface area contributed by atoms with Crippen molar-refractivity contribution in [3.05, 3.63) is 35.5 Å². The van der Waals surface area contributed by atoms with Crippen LogP contribution in [0.15, 0.2) is 30.0 Å². The highest BCUT2D eigenvalue weighted by atomic mass is 16.5. The van der Waals surface area contributed by atoms with Crippen molar-refractivity contribution in [2.24, 2.45) is 0 Å². The smallest absolute Gasteiger partial charge is 0.352 e. The minimum absolute atomic E-state index is 0.0196. The highest BCUT2D eigenvalue weighted by molar-refractivity contribution is 5.90. The summed E-state index contributed by atoms with van der Waals surface area (Å²) in [6, 6.07) is 4.98. The number of rotatable bonds is 6. The summed E-state index contributed by atoms with van der Waals surface area (Å²) in [4.78, 5) is 11.3. The second-order valence-corrected chi connectivity index (χ2v) is 5.65. The van der Waals surface area contributed by atoms with E-state index in [9.17, 15) is 9.90 Å². The summed E-state index contributed by atoms with van der Waals surface area (Å²) in [5.41, 5.74) is 0.799. The molecule has 0 fully saturated rings. The number of carbonyl (C=O) groups is 1. The summed E-state index contributed by atoms with van der Waals surface area (Å²) in [5, 5.41) is 23.3. The van der Waals surface area contributed by atoms with E-state index in [1.807, 2.05) is 19.9 Å². The summed E-state index contributed by atoms with van der Waals surface area (Å²) in [5.74, 6) is 0.386. The number of tetrazole rings is 1. The first-order valence-corrected chi connectivity index (χ1v) is 7.88. The molecule has 9 heteroatoms. The average molecular weight is 345 g/mol. The fraction of sp³-hybridized carbons (Fsp3) is 0.375. The Morgan fingerprint density at radius 3 is 2.92 bits per heavy atom. The number of benzene rings is 1. The Labute approximate surface area is 144 Å². The van der Waals surface area contributed by atoms with Gasteiger partial charge in [0.15, 0.2) is 11.5 Å². The fourth-order valence-electron chi connectivity index (χ4n) is 2.48. The van der Waals surface area contributed by atoms with Gasteiger partial charge in [-0.2, -0.15) is 4.68 Å². The van der Waals surface area contributed by atoms with Crippen LogP contribution in [0.4, 0.5) is 5.95 Å². The van der Waals surface area contributed by atoms with Gasteiger partial charge in [-0.15, -0.1) is 0 Å². The predicted octanol–water partition coefficient (Wildman–Crippen LogP) is 1.84. The van der Waals surface area contributed by atoms with Crippen LogP contribution in [-0.4, -0.2) is 44.5 Å². The number of hydrogen-bond donors (Lipinski definition) is 2. The number of carboxylic acids is 1. The Kier molecular flexibility index (Phi) is 4.55. The molecule has 0 amide bonds. The Morgan fingerprint density at radius 2 is 2.24 bits per heavy atom. The maximum atomic E-state index is 11.3. The molecule has 1 aliphatic heterocycles. The van der Waals surface area contributed by atoms with Crippen molar-refractivity contribution in [3.8, 4) is 11.5 Å². The van der Waals surface area contributed by atoms with Gasteiger partial charge in [0.1, 0.15) is 11.7 Å². The molecule has 1 aromatic heterocycles. The number of anilines is 1. The van der Waals surface area contributed by atoms with E-state index in [1.54, 1.807) is 25.3 Å². The van der Waals surface area contributed by atoms with Gasteiger partial charge in [0.05, 0.1) is 13.2 Å². The van der Waals surface area contributed by atoms with Gasteiger partial charge in [-0.25, -0.2) is 4.79 Å². The van der Waals surface area contributed by atoms with Gasteiger partial charge in [0, 0.05) is 0 Å². The first kappa shape index (κ1) is 16.7. The van der Waals surface area contributed by atoms with Gasteiger partial charge in [0.2, 0.25) is 5.95 Å². The normalized spacial score (nSPS) is 17.1. The molecule has 0 aliphatic carbocycles. The van der Waals surface area contributed by atoms with E-state index in [0.717, 1.165) is 12.0 Å². The van der Waals surface area contributed by atoms with E-state index < -0.39 is 12.0 Å². The minimum Gasteiger partial charge on any atom is -0.493 e. The lowest BCUT2D eigenvalue weighted by molar-refractivity contribution is -0.132. The monoisotopic (exact) mass is 345 g/mol. The molecule has 0 radical (unpaired) electrons. The van der Waals surface area contributed by atoms with E-state index in [0.29, 0.717) is 11.5 Å². The van der Waals surface area contributed by atoms with Gasteiger partial charge < -0.3 is 19.9 Å². The summed E-state index contributed by atoms with van der Waals surface area (Å²) >= 11 is 0. The van der Waals surface area contributed by atoms with Gasteiger partial charge in [-0.1, -0.05) is 18.1 Å². The molecule has 3 rings (SSSR count). The Hall–Kier alpha value is -3.10. The molecule has 1 aliphatic rings. The standard InChI is InChI=1S/C16H19N5O4/c1-4-9(2)25-13-6-5-10(7-14(13)24-3)12-8-11(15(22)23)17-16-18-19-20-21(12)16/h5-9,12H,4H2,1-3H3,(H,22,23)(H,17,18,20). The zero-order valence-corrected chi connectivity index (χ0v) is 14.1. The molecule has 25 heavy (non-hydrogen) atoms. The van der Waals surface area contributed by atoms with Crippen molar-refractivity contribution in [2.75, 3.05) is 12.4 Å². The third-order valence-electron chi connectivity index (χ3n) is 3.99. The van der Waals surface area contributed by atoms with E-state index in [1.165, 1.54) is 4.68 Å². The third kappa shape index (κ3) is 3.25. The van der Waals surface area contributed by atoms with Crippen molar-refractivity contribution in [1.82, 2.24) is 20.2 Å². The number of aliphatic carboxylic acids is 1. The molecule has 132 valence electrons. The van der Waals surface area contributed by atoms with E-state index in [2.05, 4.69) is 20.8 Å². The number of ether oxygens (including phenoxy) is 2. The molecule has 2 aromatic rings. The molecule has 2 unspecified atom stereocenters. The molecular formula is C16H19N5O4. The van der Waals surface area contributed by atoms with Crippen LogP contribution in [0.1, 0.15) is 31.9 Å². The third-order valence-corrected chi connectivity index (χ3v) is 3.99. The maximum Gasteiger partial charge on any atom is 0.352 e. The van der Waals surface area contributed by atoms with Crippen LogP contribution in [-0.2, 0) is 4.79 Å². The maximum absolute atomic E-state index is 11.3. The largest absolute Gasteiger partial charge is 0.493 e. The van der Waals surface area contributed by atoms with Crippen LogP contribution in [0.2, 0.25) is 0 Å². The van der Waals surface area contributed by atoms with Crippen molar-refractivity contribution < 1.29 is 19.4 Å². The van der Waals surface area contributed by atoms with Gasteiger partial charge >= 0.3 is 5.97 Å². The average Bonchev–Trinajstić information content (AvgIpc) is 3.09. The second kappa shape index (κ2) is 6.80. The summed E-state index contributed by atoms with van der Waals surface area (Å²) < 4.78 is 12.8. The number of carboxylic acid groups (broad SMARTS) is 1. The predicted molar refractivity (Wildman–Crippen MR) is 88.7 cm³/mol. The Morgan fingerprint density at radius 1 is 1.44 bits per heavy atom. The lowest BCUT2D eigenvalue weighted by atomic mass is 10.0. The molecule has 2 heterocycles. The van der Waals surface area contributed by atoms with Crippen molar-refractivity contribution in [1.29, 1.82) is 0 Å². The Bertz CT molecular complexity index is 817. The van der Waals surface area contributed by atoms with Gasteiger partial charge in [-0.3, -0.25) is 0 Å². The topological polar surface area (TPSA) is 111 Å². The van der Waals surface area contributed by atoms with E-state index in [4.69, 9.17) is 9.47 Å². The minimum atomic E-state index is -1.08. The van der Waals surface area contributed by atoms with Crippen LogP contribution in [0.3, 0.4) is 0 Å². The van der Waals surface area contributed by atoms with Crippen LogP contribution in [0.5, 0.6) is 11.5 Å². The summed E-state index contributed by atoms with van der Waals surface area (Å²) in [6.45, 7) is 4.02. The first-order chi connectivity index (χ1) is 12.0. The lowest BCUT2D eigenvalue weighted by Gasteiger charge is -2.23. The number of hydrogen-bond acceptors (Lipinski definition) is 7. The molecule has 2 N–H and O–H groups in total. The molecule has 2 atom stereocenters. The SMILES string of the molecule is CCC(C)Oc1ccc(C2C=C(C(=O)O)Nc3nnnn32)cc1OC. The number of aromatic nitrogens is 4. The molecule has 0 spiro atoms. The van der Waals surface area contributed by atoms with E-state index >= 15 is 0 Å². The molecule has 0 saturated carbocycles. The van der Waals surface area contributed by atoms with Crippen molar-refractivity contribution >= 4 is 11.9 Å². The van der Waals surface area contributed by atoms with Crippen LogP contribution < -0.4 is 14.8 Å². The number of nitrogens with one attached hydrogen (secondary N) is 1. The van der Waals surface area contributed by atoms with E-state index in [-0.39, 0.29) is 17.7 Å². The zero-order chi connectivity index (χ0) is 18.0. The van der Waals surface area contributed by atoms with Crippen LogP contribution in [0.25, 0.3) is 0 Å². The molecule has 0 bridgehead atoms. The highest BCUT2D eigenvalue weighted by Gasteiger charge is 2.27. The number of fused-ring (bicyclic) bond motifs is 1. The van der Waals surface area contributed by atoms with Crippen LogP contribution >= 0.6 is 0 Å². The quantitative estimate of drug-likeness (QED) is 0.816. The number of allylic oxidation sites excluding steroid dienone is 1. The van der Waals surface area contributed by atoms with Crippen LogP contribution in [0, 0.1) is 0 Å². The fourth-order valence-corrected chi connectivity index (χ4v) is 2.48. The highest BCUT2D eigenvalue weighted by Crippen LogP contribution is 2.35. The van der Waals surface area contributed by atoms with Gasteiger partial charge in [0.25, 0.3) is 0 Å². The summed E-state index contributed by atoms with van der Waals surface area (Å²) in [7, 11) is 1.56. The molecule has 0 saturated heterocycles. The molecular weight excluding hydrogens is 326 g/mol. The van der Waals surface area contributed by atoms with Crippen molar-refractivity contribution in [3.63, 3.8) is 0 Å². The number of methoxy groups -OCH3 is 1.